The van der Waals surface area contributed by atoms with Crippen molar-refractivity contribution >= 4 is 11.1 Å². The van der Waals surface area contributed by atoms with Gasteiger partial charge in [-0.05, 0) is 37.6 Å². The van der Waals surface area contributed by atoms with Crippen LogP contribution in [0.2, 0.25) is 0 Å². The van der Waals surface area contributed by atoms with Crippen molar-refractivity contribution in [2.24, 2.45) is 0 Å². The fraction of sp³-hybridized carbons (Fsp3) is 0.533. The van der Waals surface area contributed by atoms with Crippen LogP contribution in [-0.2, 0) is 6.42 Å². The van der Waals surface area contributed by atoms with Crippen LogP contribution in [-0.4, -0.2) is 42.6 Å². The minimum absolute atomic E-state index is 0.605. The van der Waals surface area contributed by atoms with Gasteiger partial charge in [-0.25, -0.2) is 4.98 Å². The molecule has 1 aliphatic rings. The lowest BCUT2D eigenvalue weighted by Crippen LogP contribution is -2.49. The summed E-state index contributed by atoms with van der Waals surface area (Å²) < 4.78 is 5.50. The van der Waals surface area contributed by atoms with Crippen molar-refractivity contribution < 1.29 is 4.42 Å². The van der Waals surface area contributed by atoms with Gasteiger partial charge in [0.2, 0.25) is 0 Å². The third-order valence-electron chi connectivity index (χ3n) is 3.80. The van der Waals surface area contributed by atoms with E-state index in [4.69, 9.17) is 4.42 Å². The Balaban J connectivity index is 1.64. The predicted octanol–water partition coefficient (Wildman–Crippen LogP) is 1.97. The largest absolute Gasteiger partial charge is 0.441 e. The van der Waals surface area contributed by atoms with Crippen LogP contribution < -0.4 is 5.32 Å². The molecule has 3 rings (SSSR count). The van der Waals surface area contributed by atoms with E-state index in [0.717, 1.165) is 43.0 Å². The lowest BCUT2D eigenvalue weighted by molar-refractivity contribution is 0.232. The normalized spacial score (nSPS) is 21.1. The predicted molar refractivity (Wildman–Crippen MR) is 76.4 cm³/mol. The van der Waals surface area contributed by atoms with Crippen molar-refractivity contribution in [3.8, 4) is 0 Å². The maximum atomic E-state index is 5.50. The van der Waals surface area contributed by atoms with Crippen molar-refractivity contribution in [2.75, 3.05) is 26.7 Å². The van der Waals surface area contributed by atoms with E-state index in [2.05, 4.69) is 34.4 Å². The van der Waals surface area contributed by atoms with Gasteiger partial charge in [0.1, 0.15) is 5.52 Å². The number of benzene rings is 1. The molecule has 0 saturated carbocycles. The molecule has 102 valence electrons. The molecule has 0 radical (unpaired) electrons. The van der Waals surface area contributed by atoms with Gasteiger partial charge in [0.05, 0.1) is 0 Å². The van der Waals surface area contributed by atoms with E-state index in [9.17, 15) is 0 Å². The van der Waals surface area contributed by atoms with E-state index >= 15 is 0 Å². The number of hydrogen-bond acceptors (Lipinski definition) is 4. The van der Waals surface area contributed by atoms with Gasteiger partial charge in [0.15, 0.2) is 11.5 Å². The number of nitrogens with zero attached hydrogens (tertiary/aromatic N) is 2. The number of likely N-dealkylation sites (N-methyl/N-ethyl adjacent to an activating group) is 1. The number of rotatable bonds is 3. The van der Waals surface area contributed by atoms with Crippen LogP contribution in [0.1, 0.15) is 17.9 Å². The zero-order valence-electron chi connectivity index (χ0n) is 11.6. The first kappa shape index (κ1) is 12.6. The number of aryl methyl sites for hydroxylation is 2. The molecule has 0 spiro atoms. The fourth-order valence-electron chi connectivity index (χ4n) is 2.77. The first-order valence-electron chi connectivity index (χ1n) is 6.99. The van der Waals surface area contributed by atoms with Gasteiger partial charge < -0.3 is 14.6 Å². The van der Waals surface area contributed by atoms with E-state index in [-0.39, 0.29) is 0 Å². The van der Waals surface area contributed by atoms with Crippen LogP contribution in [0.3, 0.4) is 0 Å². The summed E-state index contributed by atoms with van der Waals surface area (Å²) in [5.41, 5.74) is 3.20. The number of hydrogen-bond donors (Lipinski definition) is 1. The molecule has 1 aromatic heterocycles. The monoisotopic (exact) mass is 259 g/mol. The lowest BCUT2D eigenvalue weighted by atomic mass is 10.0. The summed E-state index contributed by atoms with van der Waals surface area (Å²) >= 11 is 0. The molecule has 1 atom stereocenters. The second-order valence-corrected chi connectivity index (χ2v) is 5.49. The highest BCUT2D eigenvalue weighted by atomic mass is 16.3. The van der Waals surface area contributed by atoms with Crippen LogP contribution in [0.25, 0.3) is 11.1 Å². The lowest BCUT2D eigenvalue weighted by Gasteiger charge is -2.30. The molecule has 19 heavy (non-hydrogen) atoms. The molecule has 1 saturated heterocycles. The molecule has 2 heterocycles. The molecule has 4 nitrogen and oxygen atoms in total. The van der Waals surface area contributed by atoms with Gasteiger partial charge in [-0.15, -0.1) is 0 Å². The Morgan fingerprint density at radius 2 is 2.37 bits per heavy atom. The molecular formula is C15H21N3O. The SMILES string of the molecule is Cc1nc2cc(CCC3CN(C)CCN3)ccc2o1. The minimum atomic E-state index is 0.605. The Bertz CT molecular complexity index is 564. The summed E-state index contributed by atoms with van der Waals surface area (Å²) in [6.45, 7) is 5.29. The van der Waals surface area contributed by atoms with Gasteiger partial charge >= 0.3 is 0 Å². The van der Waals surface area contributed by atoms with Gasteiger partial charge in [0, 0.05) is 32.6 Å². The molecule has 1 N–H and O–H groups in total. The molecule has 1 aromatic carbocycles. The quantitative estimate of drug-likeness (QED) is 0.915. The molecular weight excluding hydrogens is 238 g/mol. The first-order valence-corrected chi connectivity index (χ1v) is 6.99. The van der Waals surface area contributed by atoms with Crippen molar-refractivity contribution in [2.45, 2.75) is 25.8 Å². The maximum absolute atomic E-state index is 5.50. The maximum Gasteiger partial charge on any atom is 0.192 e. The molecule has 0 amide bonds. The number of nitrogens with one attached hydrogen (secondary N) is 1. The number of piperazine rings is 1. The van der Waals surface area contributed by atoms with Gasteiger partial charge in [-0.3, -0.25) is 0 Å². The fourth-order valence-corrected chi connectivity index (χ4v) is 2.77. The number of oxazole rings is 1. The van der Waals surface area contributed by atoms with Crippen LogP contribution in [0.5, 0.6) is 0 Å². The van der Waals surface area contributed by atoms with Crippen molar-refractivity contribution in [3.05, 3.63) is 29.7 Å². The van der Waals surface area contributed by atoms with E-state index < -0.39 is 0 Å². The molecule has 2 aromatic rings. The van der Waals surface area contributed by atoms with Crippen LogP contribution >= 0.6 is 0 Å². The van der Waals surface area contributed by atoms with Crippen LogP contribution in [0.15, 0.2) is 22.6 Å². The average molecular weight is 259 g/mol. The third kappa shape index (κ3) is 2.96. The van der Waals surface area contributed by atoms with E-state index in [1.54, 1.807) is 0 Å². The second-order valence-electron chi connectivity index (χ2n) is 5.49. The average Bonchev–Trinajstić information content (AvgIpc) is 2.75. The summed E-state index contributed by atoms with van der Waals surface area (Å²) in [5.74, 6) is 0.739. The summed E-state index contributed by atoms with van der Waals surface area (Å²) in [7, 11) is 2.19. The number of fused-ring (bicyclic) bond motifs is 1. The van der Waals surface area contributed by atoms with Crippen LogP contribution in [0, 0.1) is 6.92 Å². The van der Waals surface area contributed by atoms with E-state index in [1.807, 2.05) is 13.0 Å². The molecule has 1 fully saturated rings. The topological polar surface area (TPSA) is 41.3 Å². The highest BCUT2D eigenvalue weighted by Crippen LogP contribution is 2.18. The van der Waals surface area contributed by atoms with Crippen molar-refractivity contribution in [1.82, 2.24) is 15.2 Å². The summed E-state index contributed by atoms with van der Waals surface area (Å²) in [6.07, 6.45) is 2.26. The summed E-state index contributed by atoms with van der Waals surface area (Å²) in [5, 5.41) is 3.59. The Labute approximate surface area is 113 Å². The Hall–Kier alpha value is -1.39. The molecule has 1 aliphatic heterocycles. The van der Waals surface area contributed by atoms with E-state index in [0.29, 0.717) is 6.04 Å². The number of aromatic nitrogens is 1. The zero-order chi connectivity index (χ0) is 13.2. The minimum Gasteiger partial charge on any atom is -0.441 e. The summed E-state index contributed by atoms with van der Waals surface area (Å²) in [6, 6.07) is 6.94. The van der Waals surface area contributed by atoms with Gasteiger partial charge in [-0.1, -0.05) is 6.07 Å². The smallest absolute Gasteiger partial charge is 0.192 e. The van der Waals surface area contributed by atoms with Crippen molar-refractivity contribution in [3.63, 3.8) is 0 Å². The molecule has 0 aliphatic carbocycles. The highest BCUT2D eigenvalue weighted by molar-refractivity contribution is 5.73. The summed E-state index contributed by atoms with van der Waals surface area (Å²) in [4.78, 5) is 6.78. The Kier molecular flexibility index (Phi) is 3.53. The Morgan fingerprint density at radius 3 is 3.21 bits per heavy atom. The first-order chi connectivity index (χ1) is 9.20. The van der Waals surface area contributed by atoms with Crippen LogP contribution in [0.4, 0.5) is 0 Å². The zero-order valence-corrected chi connectivity index (χ0v) is 11.6. The standard InChI is InChI=1S/C15H21N3O/c1-11-17-14-9-12(4-6-15(14)19-11)3-5-13-10-18(2)8-7-16-13/h4,6,9,13,16H,3,5,7-8,10H2,1-2H3. The van der Waals surface area contributed by atoms with Gasteiger partial charge in [0.25, 0.3) is 0 Å². The van der Waals surface area contributed by atoms with E-state index in [1.165, 1.54) is 12.0 Å². The molecule has 0 bridgehead atoms. The highest BCUT2D eigenvalue weighted by Gasteiger charge is 2.16. The van der Waals surface area contributed by atoms with Gasteiger partial charge in [-0.2, -0.15) is 0 Å². The second kappa shape index (κ2) is 5.31. The molecule has 4 heteroatoms. The van der Waals surface area contributed by atoms with Crippen molar-refractivity contribution in [1.29, 1.82) is 0 Å². The molecule has 1 unspecified atom stereocenters. The Morgan fingerprint density at radius 1 is 1.47 bits per heavy atom. The third-order valence-corrected chi connectivity index (χ3v) is 3.80.